The summed E-state index contributed by atoms with van der Waals surface area (Å²) in [5.41, 5.74) is 1.94. The Morgan fingerprint density at radius 1 is 1.22 bits per heavy atom. The second-order valence-corrected chi connectivity index (χ2v) is 6.49. The fourth-order valence-electron chi connectivity index (χ4n) is 3.25. The van der Waals surface area contributed by atoms with Crippen LogP contribution < -0.4 is 15.5 Å². The largest absolute Gasteiger partial charge is 0.369 e. The smallest absolute Gasteiger partial charge is 0.274 e. The number of nitrogens with one attached hydrogen (secondary N) is 2. The van der Waals surface area contributed by atoms with Gasteiger partial charge in [0.05, 0.1) is 17.0 Å². The Bertz CT molecular complexity index is 794. The fraction of sp³-hybridized carbons (Fsp3) is 0.350. The van der Waals surface area contributed by atoms with E-state index in [0.717, 1.165) is 26.1 Å². The summed E-state index contributed by atoms with van der Waals surface area (Å²) >= 11 is 0. The normalized spacial score (nSPS) is 17.0. The predicted molar refractivity (Wildman–Crippen MR) is 108 cm³/mol. The van der Waals surface area contributed by atoms with Crippen LogP contribution in [0.1, 0.15) is 18.9 Å². The van der Waals surface area contributed by atoms with Crippen LogP contribution in [0.25, 0.3) is 0 Å². The number of para-hydroxylation sites is 2. The number of nitro groups is 1. The van der Waals surface area contributed by atoms with Crippen molar-refractivity contribution >= 4 is 17.3 Å². The second-order valence-electron chi connectivity index (χ2n) is 6.49. The Labute approximate surface area is 159 Å². The van der Waals surface area contributed by atoms with Gasteiger partial charge in [-0.3, -0.25) is 10.1 Å². The van der Waals surface area contributed by atoms with Gasteiger partial charge in [-0.25, -0.2) is 4.99 Å². The molecule has 3 rings (SSSR count). The summed E-state index contributed by atoms with van der Waals surface area (Å²) in [7, 11) is 0. The van der Waals surface area contributed by atoms with Crippen LogP contribution in [0.15, 0.2) is 59.6 Å². The van der Waals surface area contributed by atoms with E-state index < -0.39 is 0 Å². The third-order valence-corrected chi connectivity index (χ3v) is 4.59. The van der Waals surface area contributed by atoms with Crippen LogP contribution in [-0.2, 0) is 6.54 Å². The van der Waals surface area contributed by atoms with E-state index >= 15 is 0 Å². The SMILES string of the molecule is CCNC(=NCc1ccccc1[N+](=O)[O-])NC1CCN(c2ccccc2)C1. The van der Waals surface area contributed by atoms with Crippen LogP contribution in [0, 0.1) is 10.1 Å². The number of nitro benzene ring substituents is 1. The van der Waals surface area contributed by atoms with E-state index in [1.165, 1.54) is 11.8 Å². The number of hydrogen-bond donors (Lipinski definition) is 2. The zero-order chi connectivity index (χ0) is 19.1. The van der Waals surface area contributed by atoms with E-state index in [0.29, 0.717) is 11.5 Å². The summed E-state index contributed by atoms with van der Waals surface area (Å²) in [5.74, 6) is 0.690. The number of hydrogen-bond acceptors (Lipinski definition) is 4. The van der Waals surface area contributed by atoms with Gasteiger partial charge in [0.1, 0.15) is 0 Å². The number of nitrogens with zero attached hydrogens (tertiary/aromatic N) is 3. The molecule has 1 atom stereocenters. The van der Waals surface area contributed by atoms with Crippen molar-refractivity contribution in [3.8, 4) is 0 Å². The lowest BCUT2D eigenvalue weighted by atomic mass is 10.2. The van der Waals surface area contributed by atoms with Gasteiger partial charge in [0, 0.05) is 37.4 Å². The van der Waals surface area contributed by atoms with Gasteiger partial charge in [-0.2, -0.15) is 0 Å². The van der Waals surface area contributed by atoms with Crippen molar-refractivity contribution < 1.29 is 4.92 Å². The lowest BCUT2D eigenvalue weighted by Crippen LogP contribution is -2.44. The maximum Gasteiger partial charge on any atom is 0.274 e. The average molecular weight is 367 g/mol. The fourth-order valence-corrected chi connectivity index (χ4v) is 3.25. The molecular weight excluding hydrogens is 342 g/mol. The first-order chi connectivity index (χ1) is 13.2. The summed E-state index contributed by atoms with van der Waals surface area (Å²) in [5, 5.41) is 17.9. The van der Waals surface area contributed by atoms with E-state index in [1.807, 2.05) is 25.1 Å². The van der Waals surface area contributed by atoms with Crippen LogP contribution in [0.5, 0.6) is 0 Å². The van der Waals surface area contributed by atoms with Crippen molar-refractivity contribution in [2.45, 2.75) is 25.9 Å². The molecule has 1 fully saturated rings. The Hall–Kier alpha value is -3.09. The molecular formula is C20H25N5O2. The number of guanidine groups is 1. The summed E-state index contributed by atoms with van der Waals surface area (Å²) in [4.78, 5) is 17.7. The van der Waals surface area contributed by atoms with E-state index in [-0.39, 0.29) is 23.2 Å². The molecule has 0 aliphatic carbocycles. The van der Waals surface area contributed by atoms with E-state index in [4.69, 9.17) is 0 Å². The third-order valence-electron chi connectivity index (χ3n) is 4.59. The van der Waals surface area contributed by atoms with E-state index in [9.17, 15) is 10.1 Å². The first kappa shape index (κ1) is 18.7. The molecule has 0 spiro atoms. The average Bonchev–Trinajstić information content (AvgIpc) is 3.16. The first-order valence-corrected chi connectivity index (χ1v) is 9.24. The van der Waals surface area contributed by atoms with Gasteiger partial charge in [-0.05, 0) is 25.5 Å². The molecule has 1 aliphatic rings. The molecule has 1 saturated heterocycles. The monoisotopic (exact) mass is 367 g/mol. The van der Waals surface area contributed by atoms with Gasteiger partial charge in [0.2, 0.25) is 0 Å². The first-order valence-electron chi connectivity index (χ1n) is 9.24. The quantitative estimate of drug-likeness (QED) is 0.355. The number of rotatable bonds is 6. The standard InChI is InChI=1S/C20H25N5O2/c1-2-21-20(22-14-16-8-6-7-11-19(16)25(26)27)23-17-12-13-24(15-17)18-9-4-3-5-10-18/h3-11,17H,2,12-15H2,1H3,(H2,21,22,23). The summed E-state index contributed by atoms with van der Waals surface area (Å²) in [6.07, 6.45) is 1.02. The van der Waals surface area contributed by atoms with Crippen LogP contribution >= 0.6 is 0 Å². The van der Waals surface area contributed by atoms with Crippen LogP contribution in [-0.4, -0.2) is 36.6 Å². The molecule has 1 unspecified atom stereocenters. The lowest BCUT2D eigenvalue weighted by molar-refractivity contribution is -0.385. The molecule has 0 saturated carbocycles. The van der Waals surface area contributed by atoms with Gasteiger partial charge >= 0.3 is 0 Å². The highest BCUT2D eigenvalue weighted by Gasteiger charge is 2.23. The molecule has 0 amide bonds. The Kier molecular flexibility index (Phi) is 6.25. The van der Waals surface area contributed by atoms with Gasteiger partial charge < -0.3 is 15.5 Å². The van der Waals surface area contributed by atoms with Crippen molar-refractivity contribution in [2.75, 3.05) is 24.5 Å². The number of aliphatic imine (C=N–C) groups is 1. The minimum Gasteiger partial charge on any atom is -0.369 e. The minimum atomic E-state index is -0.361. The molecule has 2 aromatic carbocycles. The third kappa shape index (κ3) is 4.97. The van der Waals surface area contributed by atoms with Crippen molar-refractivity contribution in [3.05, 3.63) is 70.3 Å². The number of benzene rings is 2. The Morgan fingerprint density at radius 2 is 1.96 bits per heavy atom. The zero-order valence-corrected chi connectivity index (χ0v) is 15.5. The molecule has 2 N–H and O–H groups in total. The molecule has 0 bridgehead atoms. The molecule has 7 heteroatoms. The highest BCUT2D eigenvalue weighted by atomic mass is 16.6. The van der Waals surface area contributed by atoms with Gasteiger partial charge in [0.25, 0.3) is 5.69 Å². The van der Waals surface area contributed by atoms with E-state index in [2.05, 4.69) is 32.7 Å². The van der Waals surface area contributed by atoms with Crippen molar-refractivity contribution in [3.63, 3.8) is 0 Å². The predicted octanol–water partition coefficient (Wildman–Crippen LogP) is 2.93. The molecule has 2 aromatic rings. The summed E-state index contributed by atoms with van der Waals surface area (Å²) < 4.78 is 0. The Morgan fingerprint density at radius 3 is 2.70 bits per heavy atom. The number of anilines is 1. The van der Waals surface area contributed by atoms with Crippen LogP contribution in [0.4, 0.5) is 11.4 Å². The molecule has 1 heterocycles. The zero-order valence-electron chi connectivity index (χ0n) is 15.5. The highest BCUT2D eigenvalue weighted by Crippen LogP contribution is 2.20. The van der Waals surface area contributed by atoms with Crippen LogP contribution in [0.3, 0.4) is 0 Å². The topological polar surface area (TPSA) is 82.8 Å². The van der Waals surface area contributed by atoms with Crippen LogP contribution in [0.2, 0.25) is 0 Å². The van der Waals surface area contributed by atoms with Gasteiger partial charge in [0.15, 0.2) is 5.96 Å². The van der Waals surface area contributed by atoms with Crippen molar-refractivity contribution in [1.82, 2.24) is 10.6 Å². The summed E-state index contributed by atoms with van der Waals surface area (Å²) in [6, 6.07) is 17.4. The molecule has 27 heavy (non-hydrogen) atoms. The van der Waals surface area contributed by atoms with Crippen molar-refractivity contribution in [1.29, 1.82) is 0 Å². The molecule has 1 aliphatic heterocycles. The second kappa shape index (κ2) is 9.02. The minimum absolute atomic E-state index is 0.105. The molecule has 7 nitrogen and oxygen atoms in total. The maximum atomic E-state index is 11.2. The Balaban J connectivity index is 1.64. The van der Waals surface area contributed by atoms with Gasteiger partial charge in [-0.1, -0.05) is 36.4 Å². The maximum absolute atomic E-state index is 11.2. The highest BCUT2D eigenvalue weighted by molar-refractivity contribution is 5.80. The van der Waals surface area contributed by atoms with Crippen molar-refractivity contribution in [2.24, 2.45) is 4.99 Å². The van der Waals surface area contributed by atoms with Gasteiger partial charge in [-0.15, -0.1) is 0 Å². The lowest BCUT2D eigenvalue weighted by Gasteiger charge is -2.20. The summed E-state index contributed by atoms with van der Waals surface area (Å²) in [6.45, 7) is 4.90. The molecule has 142 valence electrons. The molecule has 0 aromatic heterocycles. The molecule has 0 radical (unpaired) electrons. The van der Waals surface area contributed by atoms with E-state index in [1.54, 1.807) is 18.2 Å².